The molecule has 164 valence electrons. The van der Waals surface area contributed by atoms with Crippen molar-refractivity contribution in [2.75, 3.05) is 26.2 Å². The summed E-state index contributed by atoms with van der Waals surface area (Å²) >= 11 is 9.57. The topological polar surface area (TPSA) is 161 Å². The van der Waals surface area contributed by atoms with Crippen molar-refractivity contribution in [2.24, 2.45) is 11.5 Å². The highest BCUT2D eigenvalue weighted by atomic mass is 35.5. The van der Waals surface area contributed by atoms with Crippen LogP contribution < -0.4 is 11.5 Å². The van der Waals surface area contributed by atoms with Crippen LogP contribution in [0.1, 0.15) is 12.8 Å². The molecule has 2 aliphatic rings. The summed E-state index contributed by atoms with van der Waals surface area (Å²) in [4.78, 5) is 66.6. The Morgan fingerprint density at radius 1 is 0.700 bits per heavy atom. The van der Waals surface area contributed by atoms with Gasteiger partial charge in [0.2, 0.25) is 10.5 Å². The van der Waals surface area contributed by atoms with Crippen molar-refractivity contribution in [1.82, 2.24) is 9.80 Å². The first kappa shape index (κ1) is 27.3. The number of allylic oxidation sites excluding steroid dienone is 2. The lowest BCUT2D eigenvalue weighted by atomic mass is 10.3. The summed E-state index contributed by atoms with van der Waals surface area (Å²) in [6, 6.07) is 0. The summed E-state index contributed by atoms with van der Waals surface area (Å²) in [5.74, 6) is -1.42. The monoisotopic (exact) mass is 460 g/mol. The van der Waals surface area contributed by atoms with Gasteiger partial charge in [0, 0.05) is 49.5 Å². The summed E-state index contributed by atoms with van der Waals surface area (Å²) in [7, 11) is 0. The van der Waals surface area contributed by atoms with Crippen molar-refractivity contribution < 1.29 is 28.8 Å². The highest BCUT2D eigenvalue weighted by Gasteiger charge is 2.25. The molecule has 4 N–H and O–H groups in total. The van der Waals surface area contributed by atoms with Gasteiger partial charge in [-0.15, -0.1) is 0 Å². The van der Waals surface area contributed by atoms with Crippen LogP contribution in [0.4, 0.5) is 0 Å². The minimum Gasteiger partial charge on any atom is -0.330 e. The molecule has 30 heavy (non-hydrogen) atoms. The molecule has 0 aromatic rings. The Kier molecular flexibility index (Phi) is 13.9. The zero-order chi connectivity index (χ0) is 23.1. The third kappa shape index (κ3) is 11.4. The van der Waals surface area contributed by atoms with E-state index in [-0.39, 0.29) is 36.7 Å². The van der Waals surface area contributed by atoms with Crippen LogP contribution in [-0.4, -0.2) is 70.1 Å². The van der Waals surface area contributed by atoms with Gasteiger partial charge in [-0.1, -0.05) is 0 Å². The Morgan fingerprint density at radius 3 is 1.20 bits per heavy atom. The molecule has 0 unspecified atom stereocenters. The van der Waals surface area contributed by atoms with Crippen LogP contribution in [0.2, 0.25) is 0 Å². The Labute approximate surface area is 183 Å². The van der Waals surface area contributed by atoms with E-state index in [9.17, 15) is 28.8 Å². The largest absolute Gasteiger partial charge is 0.330 e. The van der Waals surface area contributed by atoms with Gasteiger partial charge in [0.25, 0.3) is 23.6 Å². The van der Waals surface area contributed by atoms with E-state index in [0.717, 1.165) is 41.5 Å². The first-order chi connectivity index (χ1) is 14.1. The first-order valence-corrected chi connectivity index (χ1v) is 9.43. The molecule has 2 aliphatic heterocycles. The fourth-order valence-electron chi connectivity index (χ4n) is 1.94. The predicted octanol–water partition coefficient (Wildman–Crippen LogP) is -0.406. The maximum absolute atomic E-state index is 11.2. The minimum atomic E-state index is -0.709. The SMILES string of the molecule is NCCCN.O=C(Cl)/C=C\C(=O)Cl.O=C1C=CC(=O)N1CCCN1C(=O)C=CC1=O. The zero-order valence-corrected chi connectivity index (χ0v) is 17.5. The summed E-state index contributed by atoms with van der Waals surface area (Å²) in [6.07, 6.45) is 7.92. The molecule has 0 aromatic heterocycles. The molecular formula is C18H22Cl2N4O6. The van der Waals surface area contributed by atoms with Crippen LogP contribution >= 0.6 is 23.2 Å². The smallest absolute Gasteiger partial charge is 0.253 e. The number of carbonyl (C=O) groups excluding carboxylic acids is 6. The number of carbonyl (C=O) groups is 6. The Bertz CT molecular complexity index is 668. The highest BCUT2D eigenvalue weighted by Crippen LogP contribution is 2.07. The molecule has 0 saturated heterocycles. The lowest BCUT2D eigenvalue weighted by Crippen LogP contribution is -2.36. The van der Waals surface area contributed by atoms with Gasteiger partial charge in [0.1, 0.15) is 0 Å². The second kappa shape index (κ2) is 15.2. The fraction of sp³-hybridized carbons (Fsp3) is 0.333. The maximum atomic E-state index is 11.2. The van der Waals surface area contributed by atoms with E-state index in [1.54, 1.807) is 0 Å². The number of hydrogen-bond acceptors (Lipinski definition) is 8. The molecule has 0 spiro atoms. The lowest BCUT2D eigenvalue weighted by molar-refractivity contribution is -0.137. The summed E-state index contributed by atoms with van der Waals surface area (Å²) in [5, 5.41) is -1.42. The number of amides is 4. The van der Waals surface area contributed by atoms with Gasteiger partial charge in [-0.05, 0) is 49.1 Å². The number of halogens is 2. The number of nitrogens with zero attached hydrogens (tertiary/aromatic N) is 2. The van der Waals surface area contributed by atoms with Crippen molar-refractivity contribution in [3.05, 3.63) is 36.5 Å². The number of rotatable bonds is 8. The quantitative estimate of drug-likeness (QED) is 0.280. The van der Waals surface area contributed by atoms with Gasteiger partial charge < -0.3 is 11.5 Å². The van der Waals surface area contributed by atoms with E-state index in [0.29, 0.717) is 6.42 Å². The average molecular weight is 461 g/mol. The molecule has 0 fully saturated rings. The van der Waals surface area contributed by atoms with Gasteiger partial charge in [-0.2, -0.15) is 0 Å². The Morgan fingerprint density at radius 2 is 1.00 bits per heavy atom. The van der Waals surface area contributed by atoms with Crippen LogP contribution in [0.3, 0.4) is 0 Å². The van der Waals surface area contributed by atoms with Crippen molar-refractivity contribution in [2.45, 2.75) is 12.8 Å². The van der Waals surface area contributed by atoms with E-state index in [1.165, 1.54) is 24.3 Å². The number of nitrogens with two attached hydrogens (primary N) is 2. The normalized spacial score (nSPS) is 14.8. The zero-order valence-electron chi connectivity index (χ0n) is 16.0. The second-order valence-electron chi connectivity index (χ2n) is 5.55. The van der Waals surface area contributed by atoms with Crippen molar-refractivity contribution >= 4 is 57.3 Å². The van der Waals surface area contributed by atoms with Gasteiger partial charge in [0.15, 0.2) is 0 Å². The molecule has 0 aromatic carbocycles. The molecule has 0 bridgehead atoms. The molecule has 2 rings (SSSR count). The van der Waals surface area contributed by atoms with Crippen LogP contribution in [0.25, 0.3) is 0 Å². The van der Waals surface area contributed by atoms with Gasteiger partial charge in [0.05, 0.1) is 0 Å². The van der Waals surface area contributed by atoms with E-state index in [1.807, 2.05) is 0 Å². The molecule has 10 nitrogen and oxygen atoms in total. The maximum Gasteiger partial charge on any atom is 0.253 e. The van der Waals surface area contributed by atoms with Crippen LogP contribution in [0, 0.1) is 0 Å². The van der Waals surface area contributed by atoms with Gasteiger partial charge >= 0.3 is 0 Å². The molecule has 0 saturated carbocycles. The third-order valence-corrected chi connectivity index (χ3v) is 3.57. The summed E-state index contributed by atoms with van der Waals surface area (Å²) < 4.78 is 0. The van der Waals surface area contributed by atoms with Crippen LogP contribution in [-0.2, 0) is 28.8 Å². The van der Waals surface area contributed by atoms with Gasteiger partial charge in [-0.3, -0.25) is 38.6 Å². The predicted molar refractivity (Wildman–Crippen MR) is 110 cm³/mol. The summed E-state index contributed by atoms with van der Waals surface area (Å²) in [6.45, 7) is 1.86. The molecule has 2 heterocycles. The van der Waals surface area contributed by atoms with Crippen molar-refractivity contribution in [3.63, 3.8) is 0 Å². The molecule has 4 amide bonds. The Balaban J connectivity index is 0.000000540. The Hall–Kier alpha value is -2.66. The third-order valence-electron chi connectivity index (χ3n) is 3.32. The fourth-order valence-corrected chi connectivity index (χ4v) is 2.06. The van der Waals surface area contributed by atoms with E-state index >= 15 is 0 Å². The average Bonchev–Trinajstić information content (AvgIpc) is 3.17. The van der Waals surface area contributed by atoms with Crippen molar-refractivity contribution in [1.29, 1.82) is 0 Å². The van der Waals surface area contributed by atoms with Gasteiger partial charge in [-0.25, -0.2) is 0 Å². The molecule has 0 radical (unpaired) electrons. The number of hydrogen-bond donors (Lipinski definition) is 2. The van der Waals surface area contributed by atoms with Crippen LogP contribution in [0.5, 0.6) is 0 Å². The van der Waals surface area contributed by atoms with Crippen LogP contribution in [0.15, 0.2) is 36.5 Å². The molecule has 0 aliphatic carbocycles. The molecular weight excluding hydrogens is 439 g/mol. The summed E-state index contributed by atoms with van der Waals surface area (Å²) in [5.41, 5.74) is 10.1. The lowest BCUT2D eigenvalue weighted by Gasteiger charge is -2.17. The second-order valence-corrected chi connectivity index (χ2v) is 6.29. The van der Waals surface area contributed by atoms with E-state index in [4.69, 9.17) is 34.7 Å². The molecule has 12 heteroatoms. The highest BCUT2D eigenvalue weighted by molar-refractivity contribution is 6.69. The van der Waals surface area contributed by atoms with Crippen molar-refractivity contribution in [3.8, 4) is 0 Å². The van der Waals surface area contributed by atoms with E-state index < -0.39 is 10.5 Å². The minimum absolute atomic E-state index is 0.210. The van der Waals surface area contributed by atoms with E-state index in [2.05, 4.69) is 0 Å². The number of imide groups is 2. The first-order valence-electron chi connectivity index (χ1n) is 8.68. The molecule has 0 atom stereocenters. The standard InChI is InChI=1S/C11H10N2O4.C4H2Cl2O2.C3H10N2/c14-8-2-3-9(15)12(8)6-1-7-13-10(16)4-5-11(13)17;5-3(7)1-2-4(6)8;4-2-1-3-5/h2-5H,1,6-7H2;1-2H;1-5H2/b;2-1-;.